The van der Waals surface area contributed by atoms with Crippen LogP contribution in [0.15, 0.2) is 91.5 Å². The molecule has 6 nitrogen and oxygen atoms in total. The first-order valence-corrected chi connectivity index (χ1v) is 15.0. The highest BCUT2D eigenvalue weighted by atomic mass is 15.2. The van der Waals surface area contributed by atoms with Crippen LogP contribution in [-0.4, -0.2) is 19.3 Å². The van der Waals surface area contributed by atoms with Gasteiger partial charge in [-0.25, -0.2) is 9.13 Å². The summed E-state index contributed by atoms with van der Waals surface area (Å²) in [6, 6.07) is 28.5. The standard InChI is InChI=1S/C37H38N6/c1-24-15-26(3)36(27(4)16-24)42-22-40(32-11-7-9-13-34(32)42)20-30-19-31(39-38-30)21-41-23-43(35-14-10-8-12-33(35)41)37-28(5)17-25(2)18-29(37)6/h7-19,22-23H,20-21H2,1-6H3,(H,38,39)/q+2. The van der Waals surface area contributed by atoms with E-state index >= 15 is 0 Å². The molecule has 0 bridgehead atoms. The zero-order chi connectivity index (χ0) is 29.8. The van der Waals surface area contributed by atoms with Gasteiger partial charge in [0.2, 0.25) is 12.7 Å². The zero-order valence-electron chi connectivity index (χ0n) is 25.8. The minimum absolute atomic E-state index is 0.683. The summed E-state index contributed by atoms with van der Waals surface area (Å²) in [5, 5.41) is 8.08. The number of para-hydroxylation sites is 4. The number of hydrogen-bond donors (Lipinski definition) is 1. The lowest BCUT2D eigenvalue weighted by Gasteiger charge is -2.07. The average molecular weight is 567 g/mol. The average Bonchev–Trinajstić information content (AvgIpc) is 3.65. The minimum atomic E-state index is 0.683. The second kappa shape index (κ2) is 10.4. The first-order valence-electron chi connectivity index (χ1n) is 15.0. The van der Waals surface area contributed by atoms with Gasteiger partial charge in [-0.15, -0.1) is 0 Å². The number of nitrogens with zero attached hydrogens (tertiary/aromatic N) is 5. The summed E-state index contributed by atoms with van der Waals surface area (Å²) >= 11 is 0. The SMILES string of the molecule is Cc1cc(C)c(-n2c[n+](Cc3cc(C[n+]4cn(-c5c(C)cc(C)cc5C)c5ccccc54)[nH]n3)c3ccccc32)c(C)c1. The predicted molar refractivity (Wildman–Crippen MR) is 172 cm³/mol. The second-order valence-corrected chi connectivity index (χ2v) is 12.1. The molecule has 3 heterocycles. The van der Waals surface area contributed by atoms with E-state index in [1.807, 2.05) is 0 Å². The van der Waals surface area contributed by atoms with Gasteiger partial charge in [-0.2, -0.15) is 14.2 Å². The Kier molecular flexibility index (Phi) is 6.50. The van der Waals surface area contributed by atoms with Crippen LogP contribution in [0.2, 0.25) is 0 Å². The van der Waals surface area contributed by atoms with Crippen molar-refractivity contribution >= 4 is 22.1 Å². The third kappa shape index (κ3) is 4.73. The lowest BCUT2D eigenvalue weighted by molar-refractivity contribution is -0.663. The van der Waals surface area contributed by atoms with Gasteiger partial charge < -0.3 is 0 Å². The van der Waals surface area contributed by atoms with E-state index in [1.54, 1.807) is 0 Å². The molecule has 0 aliphatic carbocycles. The first kappa shape index (κ1) is 26.9. The van der Waals surface area contributed by atoms with Crippen molar-refractivity contribution in [3.8, 4) is 11.4 Å². The summed E-state index contributed by atoms with van der Waals surface area (Å²) in [6.45, 7) is 14.5. The monoisotopic (exact) mass is 566 g/mol. The van der Waals surface area contributed by atoms with E-state index in [9.17, 15) is 0 Å². The summed E-state index contributed by atoms with van der Waals surface area (Å²) in [7, 11) is 0. The Morgan fingerprint density at radius 1 is 0.581 bits per heavy atom. The number of H-pyrrole nitrogens is 1. The van der Waals surface area contributed by atoms with E-state index in [2.05, 4.69) is 156 Å². The van der Waals surface area contributed by atoms with E-state index in [0.29, 0.717) is 13.1 Å². The fourth-order valence-corrected chi connectivity index (χ4v) is 6.99. The van der Waals surface area contributed by atoms with Gasteiger partial charge >= 0.3 is 0 Å². The third-order valence-corrected chi connectivity index (χ3v) is 8.52. The fraction of sp³-hybridized carbons (Fsp3) is 0.216. The van der Waals surface area contributed by atoms with Gasteiger partial charge in [0.15, 0.2) is 22.1 Å². The van der Waals surface area contributed by atoms with Crippen molar-refractivity contribution in [1.29, 1.82) is 0 Å². The van der Waals surface area contributed by atoms with Crippen LogP contribution in [0.3, 0.4) is 0 Å². The molecule has 0 spiro atoms. The van der Waals surface area contributed by atoms with Crippen molar-refractivity contribution in [1.82, 2.24) is 19.3 Å². The van der Waals surface area contributed by atoms with Crippen LogP contribution in [0.4, 0.5) is 0 Å². The Balaban J connectivity index is 1.23. The normalized spacial score (nSPS) is 11.7. The molecule has 0 aliphatic rings. The topological polar surface area (TPSA) is 46.3 Å². The maximum absolute atomic E-state index is 4.75. The van der Waals surface area contributed by atoms with Crippen LogP contribution in [-0.2, 0) is 13.1 Å². The van der Waals surface area contributed by atoms with Crippen LogP contribution in [0.25, 0.3) is 33.4 Å². The Bertz CT molecular complexity index is 1960. The molecule has 7 rings (SSSR count). The van der Waals surface area contributed by atoms with E-state index in [-0.39, 0.29) is 0 Å². The van der Waals surface area contributed by atoms with Crippen molar-refractivity contribution in [2.75, 3.05) is 0 Å². The second-order valence-electron chi connectivity index (χ2n) is 12.1. The van der Waals surface area contributed by atoms with Gasteiger partial charge in [0.05, 0.1) is 5.69 Å². The third-order valence-electron chi connectivity index (χ3n) is 8.52. The molecular weight excluding hydrogens is 528 g/mol. The van der Waals surface area contributed by atoms with Crippen molar-refractivity contribution in [2.24, 2.45) is 0 Å². The number of aromatic nitrogens is 6. The zero-order valence-corrected chi connectivity index (χ0v) is 25.8. The maximum atomic E-state index is 4.75. The van der Waals surface area contributed by atoms with Crippen molar-refractivity contribution in [3.05, 3.63) is 136 Å². The molecule has 6 heteroatoms. The maximum Gasteiger partial charge on any atom is 0.250 e. The lowest BCUT2D eigenvalue weighted by Crippen LogP contribution is -2.33. The molecule has 0 radical (unpaired) electrons. The smallest absolute Gasteiger partial charge is 0.250 e. The van der Waals surface area contributed by atoms with Crippen LogP contribution in [0.1, 0.15) is 44.8 Å². The number of aryl methyl sites for hydroxylation is 6. The molecule has 0 amide bonds. The molecule has 43 heavy (non-hydrogen) atoms. The molecule has 0 saturated carbocycles. The van der Waals surface area contributed by atoms with Crippen LogP contribution >= 0.6 is 0 Å². The van der Waals surface area contributed by atoms with E-state index in [0.717, 1.165) is 11.4 Å². The van der Waals surface area contributed by atoms with Crippen LogP contribution < -0.4 is 9.13 Å². The van der Waals surface area contributed by atoms with Gasteiger partial charge in [0, 0.05) is 0 Å². The first-order chi connectivity index (χ1) is 20.8. The summed E-state index contributed by atoms with van der Waals surface area (Å²) in [6.07, 6.45) is 4.45. The fourth-order valence-electron chi connectivity index (χ4n) is 6.99. The molecule has 3 aromatic heterocycles. The van der Waals surface area contributed by atoms with Gasteiger partial charge in [-0.1, -0.05) is 59.7 Å². The van der Waals surface area contributed by atoms with Crippen molar-refractivity contribution in [3.63, 3.8) is 0 Å². The number of benzene rings is 4. The van der Waals surface area contributed by atoms with E-state index < -0.39 is 0 Å². The highest BCUT2D eigenvalue weighted by molar-refractivity contribution is 5.76. The lowest BCUT2D eigenvalue weighted by atomic mass is 10.0. The molecule has 0 fully saturated rings. The highest BCUT2D eigenvalue weighted by Crippen LogP contribution is 2.26. The van der Waals surface area contributed by atoms with Crippen LogP contribution in [0.5, 0.6) is 0 Å². The van der Waals surface area contributed by atoms with Gasteiger partial charge in [-0.3, -0.25) is 5.10 Å². The summed E-state index contributed by atoms with van der Waals surface area (Å²) in [5.41, 5.74) is 17.0. The van der Waals surface area contributed by atoms with Gasteiger partial charge in [0.25, 0.3) is 0 Å². The number of rotatable bonds is 6. The molecule has 0 atom stereocenters. The number of imidazole rings is 2. The Morgan fingerprint density at radius 3 is 1.51 bits per heavy atom. The van der Waals surface area contributed by atoms with Gasteiger partial charge in [0.1, 0.15) is 30.2 Å². The molecule has 214 valence electrons. The van der Waals surface area contributed by atoms with Crippen molar-refractivity contribution < 1.29 is 9.13 Å². The molecular formula is C37H38N6+2. The number of fused-ring (bicyclic) bond motifs is 2. The largest absolute Gasteiger partial charge is 0.278 e. The Hall–Kier alpha value is -4.97. The number of hydrogen-bond acceptors (Lipinski definition) is 1. The Morgan fingerprint density at radius 2 is 1.02 bits per heavy atom. The minimum Gasteiger partial charge on any atom is -0.278 e. The Labute approximate surface area is 252 Å². The molecule has 1 N–H and O–H groups in total. The highest BCUT2D eigenvalue weighted by Gasteiger charge is 2.23. The van der Waals surface area contributed by atoms with Gasteiger partial charge in [-0.05, 0) is 94.1 Å². The molecule has 0 aliphatic heterocycles. The molecule has 0 unspecified atom stereocenters. The quantitative estimate of drug-likeness (QED) is 0.221. The predicted octanol–water partition coefficient (Wildman–Crippen LogP) is 6.82. The number of nitrogens with one attached hydrogen (secondary N) is 1. The molecule has 0 saturated heterocycles. The molecule has 7 aromatic rings. The summed E-state index contributed by atoms with van der Waals surface area (Å²) in [4.78, 5) is 0. The number of aromatic amines is 1. The summed E-state index contributed by atoms with van der Waals surface area (Å²) in [5.74, 6) is 0. The van der Waals surface area contributed by atoms with E-state index in [4.69, 9.17) is 5.10 Å². The molecule has 4 aromatic carbocycles. The summed E-state index contributed by atoms with van der Waals surface area (Å²) < 4.78 is 9.27. The van der Waals surface area contributed by atoms with Crippen LogP contribution in [0, 0.1) is 41.5 Å². The van der Waals surface area contributed by atoms with E-state index in [1.165, 1.54) is 66.8 Å². The van der Waals surface area contributed by atoms with Crippen molar-refractivity contribution in [2.45, 2.75) is 54.6 Å².